The van der Waals surface area contributed by atoms with Gasteiger partial charge in [0.25, 0.3) is 0 Å². The van der Waals surface area contributed by atoms with Crippen LogP contribution in [-0.4, -0.2) is 21.4 Å². The molecule has 0 unspecified atom stereocenters. The van der Waals surface area contributed by atoms with Crippen molar-refractivity contribution in [3.05, 3.63) is 47.0 Å². The second kappa shape index (κ2) is 7.14. The molecule has 0 spiro atoms. The first-order chi connectivity index (χ1) is 11.6. The first kappa shape index (κ1) is 18.8. The molecule has 1 amide bonds. The van der Waals surface area contributed by atoms with Crippen LogP contribution in [0.2, 0.25) is 0 Å². The molecule has 0 saturated carbocycles. The van der Waals surface area contributed by atoms with E-state index in [1.54, 1.807) is 13.8 Å². The van der Waals surface area contributed by atoms with E-state index in [4.69, 9.17) is 8.92 Å². The molecule has 1 N–H and O–H groups in total. The zero-order valence-electron chi connectivity index (χ0n) is 14.8. The second-order valence-corrected chi connectivity index (χ2v) is 7.35. The van der Waals surface area contributed by atoms with Crippen molar-refractivity contribution in [1.82, 2.24) is 0 Å². The molecule has 134 valence electrons. The van der Waals surface area contributed by atoms with Crippen molar-refractivity contribution in [2.45, 2.75) is 32.6 Å². The molecule has 6 nitrogen and oxygen atoms in total. The summed E-state index contributed by atoms with van der Waals surface area (Å²) < 4.78 is 35.8. The van der Waals surface area contributed by atoms with E-state index in [9.17, 15) is 13.2 Å². The summed E-state index contributed by atoms with van der Waals surface area (Å²) in [5.41, 5.74) is 2.89. The molecule has 0 aromatic heterocycles. The van der Waals surface area contributed by atoms with Gasteiger partial charge < -0.3 is 14.2 Å². The van der Waals surface area contributed by atoms with Crippen molar-refractivity contribution in [2.75, 3.05) is 12.4 Å². The summed E-state index contributed by atoms with van der Waals surface area (Å²) in [6.07, 6.45) is 0. The Morgan fingerprint density at radius 2 is 1.64 bits per heavy atom. The largest absolute Gasteiger partial charge is 0.495 e. The average Bonchev–Trinajstić information content (AvgIpc) is 2.50. The molecule has 0 saturated heterocycles. The van der Waals surface area contributed by atoms with Crippen LogP contribution >= 0.6 is 0 Å². The van der Waals surface area contributed by atoms with Crippen molar-refractivity contribution in [3.8, 4) is 11.5 Å². The van der Waals surface area contributed by atoms with Gasteiger partial charge in [-0.25, -0.2) is 0 Å². The Morgan fingerprint density at radius 1 is 1.04 bits per heavy atom. The Bertz CT molecular complexity index is 896. The summed E-state index contributed by atoms with van der Waals surface area (Å²) in [5, 5.41) is 2.58. The van der Waals surface area contributed by atoms with Crippen molar-refractivity contribution in [1.29, 1.82) is 0 Å². The predicted octanol–water partition coefficient (Wildman–Crippen LogP) is 3.35. The number of ether oxygens (including phenoxy) is 1. The van der Waals surface area contributed by atoms with E-state index >= 15 is 0 Å². The number of carbonyl (C=O) groups is 1. The van der Waals surface area contributed by atoms with E-state index in [0.29, 0.717) is 11.4 Å². The van der Waals surface area contributed by atoms with E-state index in [2.05, 4.69) is 5.32 Å². The van der Waals surface area contributed by atoms with Crippen LogP contribution < -0.4 is 14.2 Å². The highest BCUT2D eigenvalue weighted by Crippen LogP contribution is 2.31. The number of amides is 1. The third-order valence-corrected chi connectivity index (χ3v) is 4.79. The van der Waals surface area contributed by atoms with E-state index in [1.165, 1.54) is 32.2 Å². The number of aryl methyl sites for hydroxylation is 3. The molecule has 0 fully saturated rings. The molecule has 0 heterocycles. The fourth-order valence-corrected chi connectivity index (χ4v) is 3.64. The van der Waals surface area contributed by atoms with Crippen LogP contribution in [0.5, 0.6) is 11.5 Å². The van der Waals surface area contributed by atoms with Gasteiger partial charge in [-0.05, 0) is 44.0 Å². The summed E-state index contributed by atoms with van der Waals surface area (Å²) in [6, 6.07) is 7.86. The fourth-order valence-electron chi connectivity index (χ4n) is 2.58. The predicted molar refractivity (Wildman–Crippen MR) is 95.8 cm³/mol. The van der Waals surface area contributed by atoms with Gasteiger partial charge in [0.1, 0.15) is 16.4 Å². The Morgan fingerprint density at radius 3 is 2.16 bits per heavy atom. The van der Waals surface area contributed by atoms with Gasteiger partial charge in [0, 0.05) is 13.0 Å². The topological polar surface area (TPSA) is 81.7 Å². The van der Waals surface area contributed by atoms with E-state index in [-0.39, 0.29) is 16.6 Å². The minimum absolute atomic E-state index is 0.0576. The van der Waals surface area contributed by atoms with Crippen LogP contribution in [0.3, 0.4) is 0 Å². The Hall–Kier alpha value is -2.54. The summed E-state index contributed by atoms with van der Waals surface area (Å²) >= 11 is 0. The first-order valence-corrected chi connectivity index (χ1v) is 9.03. The van der Waals surface area contributed by atoms with Gasteiger partial charge in [0.2, 0.25) is 5.91 Å². The average molecular weight is 363 g/mol. The molecule has 0 aliphatic carbocycles. The fraction of sp³-hybridized carbons (Fsp3) is 0.278. The Balaban J connectivity index is 2.42. The van der Waals surface area contributed by atoms with E-state index in [1.807, 2.05) is 19.1 Å². The molecule has 2 rings (SSSR count). The molecular weight excluding hydrogens is 342 g/mol. The highest BCUT2D eigenvalue weighted by atomic mass is 32.2. The molecule has 0 radical (unpaired) electrons. The number of methoxy groups -OCH3 is 1. The maximum Gasteiger partial charge on any atom is 0.339 e. The maximum absolute atomic E-state index is 12.6. The van der Waals surface area contributed by atoms with Crippen LogP contribution in [0.1, 0.15) is 23.6 Å². The molecular formula is C18H21NO5S. The zero-order chi connectivity index (χ0) is 18.8. The van der Waals surface area contributed by atoms with E-state index in [0.717, 1.165) is 16.7 Å². The first-order valence-electron chi connectivity index (χ1n) is 7.62. The number of benzene rings is 2. The van der Waals surface area contributed by atoms with Crippen molar-refractivity contribution in [3.63, 3.8) is 0 Å². The minimum Gasteiger partial charge on any atom is -0.495 e. The second-order valence-electron chi connectivity index (χ2n) is 5.81. The lowest BCUT2D eigenvalue weighted by molar-refractivity contribution is -0.114. The van der Waals surface area contributed by atoms with E-state index < -0.39 is 10.1 Å². The lowest BCUT2D eigenvalue weighted by Gasteiger charge is -2.14. The smallest absolute Gasteiger partial charge is 0.339 e. The number of nitrogens with one attached hydrogen (secondary N) is 1. The molecule has 0 atom stereocenters. The van der Waals surface area contributed by atoms with Gasteiger partial charge in [-0.1, -0.05) is 17.7 Å². The lowest BCUT2D eigenvalue weighted by Crippen LogP contribution is -2.13. The Kier molecular flexibility index (Phi) is 5.37. The van der Waals surface area contributed by atoms with Crippen LogP contribution in [0.25, 0.3) is 0 Å². The van der Waals surface area contributed by atoms with Crippen molar-refractivity contribution in [2.24, 2.45) is 0 Å². The van der Waals surface area contributed by atoms with Gasteiger partial charge in [-0.15, -0.1) is 0 Å². The molecule has 0 bridgehead atoms. The van der Waals surface area contributed by atoms with Crippen LogP contribution in [0.15, 0.2) is 35.2 Å². The SMILES string of the molecule is COc1cc(S(=O)(=O)Oc2c(C)cc(C)cc2C)ccc1NC(C)=O. The van der Waals surface area contributed by atoms with Gasteiger partial charge in [0.05, 0.1) is 12.8 Å². The van der Waals surface area contributed by atoms with Crippen LogP contribution in [-0.2, 0) is 14.9 Å². The summed E-state index contributed by atoms with van der Waals surface area (Å²) in [7, 11) is -2.65. The number of anilines is 1. The van der Waals surface area contributed by atoms with Crippen LogP contribution in [0, 0.1) is 20.8 Å². The molecule has 25 heavy (non-hydrogen) atoms. The van der Waals surface area contributed by atoms with Crippen molar-refractivity contribution >= 4 is 21.7 Å². The lowest BCUT2D eigenvalue weighted by atomic mass is 10.1. The number of carbonyl (C=O) groups excluding carboxylic acids is 1. The van der Waals surface area contributed by atoms with Gasteiger partial charge in [-0.2, -0.15) is 8.42 Å². The maximum atomic E-state index is 12.6. The summed E-state index contributed by atoms with van der Waals surface area (Å²) in [5.74, 6) is 0.267. The highest BCUT2D eigenvalue weighted by Gasteiger charge is 2.21. The van der Waals surface area contributed by atoms with Gasteiger partial charge in [0.15, 0.2) is 0 Å². The zero-order valence-corrected chi connectivity index (χ0v) is 15.7. The third kappa shape index (κ3) is 4.30. The standard InChI is InChI=1S/C18H21NO5S/c1-11-8-12(2)18(13(3)9-11)24-25(21,22)15-6-7-16(19-14(4)20)17(10-15)23-5/h6-10H,1-5H3,(H,19,20). The van der Waals surface area contributed by atoms with Gasteiger partial charge >= 0.3 is 10.1 Å². The molecule has 0 aliphatic rings. The minimum atomic E-state index is -4.04. The molecule has 2 aromatic rings. The van der Waals surface area contributed by atoms with Gasteiger partial charge in [-0.3, -0.25) is 4.79 Å². The van der Waals surface area contributed by atoms with Crippen molar-refractivity contribution < 1.29 is 22.1 Å². The Labute approximate surface area is 147 Å². The molecule has 0 aliphatic heterocycles. The number of hydrogen-bond donors (Lipinski definition) is 1. The highest BCUT2D eigenvalue weighted by molar-refractivity contribution is 7.87. The molecule has 7 heteroatoms. The van der Waals surface area contributed by atoms with Crippen LogP contribution in [0.4, 0.5) is 5.69 Å². The number of hydrogen-bond acceptors (Lipinski definition) is 5. The normalized spacial score (nSPS) is 11.1. The summed E-state index contributed by atoms with van der Waals surface area (Å²) in [6.45, 7) is 6.89. The third-order valence-electron chi connectivity index (χ3n) is 3.57. The molecule has 2 aromatic carbocycles. The number of rotatable bonds is 5. The quantitative estimate of drug-likeness (QED) is 0.824. The monoisotopic (exact) mass is 363 g/mol. The summed E-state index contributed by atoms with van der Waals surface area (Å²) in [4.78, 5) is 11.1.